The third kappa shape index (κ3) is 22.9. The van der Waals surface area contributed by atoms with Crippen LogP contribution in [0.4, 0.5) is 32.6 Å². The molecule has 0 radical (unpaired) electrons. The summed E-state index contributed by atoms with van der Waals surface area (Å²) < 4.78 is 45.3. The second-order valence-corrected chi connectivity index (χ2v) is 32.3. The van der Waals surface area contributed by atoms with Crippen LogP contribution in [0.25, 0.3) is 67.8 Å². The summed E-state index contributed by atoms with van der Waals surface area (Å²) >= 11 is 0. The first-order chi connectivity index (χ1) is 66.1. The summed E-state index contributed by atoms with van der Waals surface area (Å²) in [6, 6.07) is 73.1. The molecule has 12 heterocycles. The van der Waals surface area contributed by atoms with Gasteiger partial charge in [0, 0.05) is 224 Å². The number of carbonyl (C=O) groups excluding carboxylic acids is 4. The highest BCUT2D eigenvalue weighted by molar-refractivity contribution is 5.82. The Bertz CT molecular complexity index is 6550. The van der Waals surface area contributed by atoms with Crippen LogP contribution in [-0.2, 0) is 44.9 Å². The van der Waals surface area contributed by atoms with E-state index in [0.29, 0.717) is 125 Å². The van der Waals surface area contributed by atoms with Gasteiger partial charge in [0.1, 0.15) is 46.4 Å². The molecule has 682 valence electrons. The van der Waals surface area contributed by atoms with E-state index in [1.807, 2.05) is 199 Å². The van der Waals surface area contributed by atoms with Gasteiger partial charge < -0.3 is 66.9 Å². The van der Waals surface area contributed by atoms with Gasteiger partial charge in [0.2, 0.25) is 47.4 Å². The zero-order valence-corrected chi connectivity index (χ0v) is 75.0. The molecule has 0 N–H and O–H groups in total. The summed E-state index contributed by atoms with van der Waals surface area (Å²) in [6.45, 7) is 12.6. The molecule has 30 nitrogen and oxygen atoms in total. The molecular formula is C103H100F2N24O6. The van der Waals surface area contributed by atoms with E-state index >= 15 is 0 Å². The van der Waals surface area contributed by atoms with Gasteiger partial charge in [-0.25, -0.2) is 68.6 Å². The first kappa shape index (κ1) is 90.4. The van der Waals surface area contributed by atoms with E-state index in [1.54, 1.807) is 116 Å². The maximum Gasteiger partial charge on any atom is 0.230 e. The van der Waals surface area contributed by atoms with Crippen LogP contribution in [0.15, 0.2) is 311 Å². The van der Waals surface area contributed by atoms with Gasteiger partial charge in [-0.2, -0.15) is 0 Å². The maximum absolute atomic E-state index is 13.5. The normalized spacial score (nSPS) is 13.8. The van der Waals surface area contributed by atoms with Crippen LogP contribution >= 0.6 is 0 Å². The summed E-state index contributed by atoms with van der Waals surface area (Å²) in [5, 5.41) is 0. The van der Waals surface area contributed by atoms with Crippen molar-refractivity contribution in [1.82, 2.24) is 97.7 Å². The fourth-order valence-corrected chi connectivity index (χ4v) is 16.3. The highest BCUT2D eigenvalue weighted by Gasteiger charge is 2.31. The number of anilines is 4. The molecule has 0 saturated carbocycles. The molecular weight excluding hydrogens is 1710 g/mol. The molecule has 0 bridgehead atoms. The number of benzene rings is 8. The van der Waals surface area contributed by atoms with Crippen molar-refractivity contribution in [3.63, 3.8) is 0 Å². The topological polar surface area (TPSA) is 287 Å². The summed E-state index contributed by atoms with van der Waals surface area (Å²) in [5.41, 5.74) is 11.7. The average molecular weight is 1810 g/mol. The quantitative estimate of drug-likeness (QED) is 0.0609. The molecule has 4 amide bonds. The number of methoxy groups -OCH3 is 2. The molecule has 0 aliphatic carbocycles. The monoisotopic (exact) mass is 1810 g/mol. The molecule has 8 aromatic heterocycles. The number of para-hydroxylation sites is 1. The minimum Gasteiger partial charge on any atom is -0.497 e. The third-order valence-electron chi connectivity index (χ3n) is 23.7. The van der Waals surface area contributed by atoms with E-state index in [1.165, 1.54) is 29.8 Å². The average Bonchev–Trinajstić information content (AvgIpc) is 1.67. The maximum atomic E-state index is 13.5. The Labute approximate surface area is 780 Å². The number of rotatable bonds is 22. The number of imidazole rings is 4. The second-order valence-electron chi connectivity index (χ2n) is 32.3. The third-order valence-corrected chi connectivity index (χ3v) is 23.7. The molecule has 8 aromatic carbocycles. The summed E-state index contributed by atoms with van der Waals surface area (Å²) in [5.74, 6) is 6.53. The Morgan fingerprint density at radius 3 is 0.763 bits per heavy atom. The number of hydrogen-bond donors (Lipinski definition) is 0. The number of nitrogens with zero attached hydrogens (tertiary/aromatic N) is 24. The number of ether oxygens (including phenoxy) is 2. The Hall–Kier alpha value is -16.5. The van der Waals surface area contributed by atoms with E-state index in [0.717, 1.165) is 106 Å². The summed E-state index contributed by atoms with van der Waals surface area (Å²) in [7, 11) is 3.28. The van der Waals surface area contributed by atoms with Crippen molar-refractivity contribution < 1.29 is 37.4 Å². The molecule has 135 heavy (non-hydrogen) atoms. The van der Waals surface area contributed by atoms with Crippen molar-refractivity contribution in [3.8, 4) is 79.3 Å². The molecule has 4 aliphatic rings. The van der Waals surface area contributed by atoms with Crippen molar-refractivity contribution in [3.05, 3.63) is 351 Å². The zero-order chi connectivity index (χ0) is 92.8. The molecule has 4 saturated heterocycles. The predicted octanol–water partition coefficient (Wildman–Crippen LogP) is 13.5. The highest BCUT2D eigenvalue weighted by Crippen LogP contribution is 2.31. The highest BCUT2D eigenvalue weighted by atomic mass is 19.1. The molecule has 0 atom stereocenters. The Kier molecular flexibility index (Phi) is 29.1. The van der Waals surface area contributed by atoms with Gasteiger partial charge in [0.15, 0.2) is 0 Å². The zero-order valence-electron chi connectivity index (χ0n) is 75.0. The number of hydrogen-bond acceptors (Lipinski definition) is 22. The molecule has 32 heteroatoms. The number of aromatic nitrogens is 16. The number of piperazine rings is 4. The van der Waals surface area contributed by atoms with Crippen molar-refractivity contribution >= 4 is 47.4 Å². The van der Waals surface area contributed by atoms with Gasteiger partial charge in [-0.1, -0.05) is 96.6 Å². The van der Waals surface area contributed by atoms with Gasteiger partial charge >= 0.3 is 0 Å². The first-order valence-electron chi connectivity index (χ1n) is 44.7. The summed E-state index contributed by atoms with van der Waals surface area (Å²) in [4.78, 5) is 122. The largest absolute Gasteiger partial charge is 0.497 e. The van der Waals surface area contributed by atoms with Crippen LogP contribution < -0.4 is 29.1 Å². The van der Waals surface area contributed by atoms with Crippen LogP contribution in [0.5, 0.6) is 11.5 Å². The second kappa shape index (κ2) is 43.5. The van der Waals surface area contributed by atoms with E-state index in [9.17, 15) is 28.0 Å². The Morgan fingerprint density at radius 1 is 0.267 bits per heavy atom. The fraction of sp³-hybridized carbons (Fsp3) is 0.223. The first-order valence-corrected chi connectivity index (χ1v) is 44.7. The lowest BCUT2D eigenvalue weighted by Crippen LogP contribution is -2.49. The molecule has 16 aromatic rings. The predicted molar refractivity (Wildman–Crippen MR) is 512 cm³/mol. The van der Waals surface area contributed by atoms with E-state index in [4.69, 9.17) is 24.4 Å². The van der Waals surface area contributed by atoms with Gasteiger partial charge in [-0.05, 0) is 153 Å². The van der Waals surface area contributed by atoms with Crippen molar-refractivity contribution in [2.75, 3.05) is 139 Å². The Balaban J connectivity index is 0.000000125. The SMILES string of the molecule is COc1ccc(-c2cn(-c3ccc(OC)cc3)c(CC(=O)N3CCN(c4ncccn4)CC3)n2)cc1.Cc1ccc(-n2cc(-c3ccccc3)nc2CC(=O)N2CCN(c3ncccn3)CC2)cc1.O=C(Cc1nc(-c2ccc(F)cc2)cn1-c1ccc(F)cc1)N1CCN(c2ncccn2)CC1.O=C(Cc1nc(-c2ccccc2)cn1-c1ccccc1)N1CCN(c2ncccn2)CC1. The standard InChI is InChI=1S/C27H28N6O3.C26H26N6O.C25H22F2N6O.C25H24N6O/c1-35-22-8-4-20(5-9-22)24-19-33(21-6-10-23(36-2)11-7-21)25(30-24)18-26(34)31-14-16-32(17-15-31)27-28-12-3-13-29-27;1-20-8-10-22(11-9-20)32-19-23(21-6-3-2-4-7-21)29-24(32)18-25(33)30-14-16-31(17-15-30)26-27-12-5-13-28-26;26-19-4-2-18(3-5-19)22-17-33(21-8-6-20(27)7-9-21)23(30-22)16-24(34)31-12-14-32(15-13-31)25-28-10-1-11-29-25;32-24(29-14-16-30(17-15-29)25-26-12-7-13-27-25)18-23-28-22(20-8-3-1-4-9-20)19-31(23)21-10-5-2-6-11-21/h3-13,19H,14-18H2,1-2H3;2-13,19H,14-18H2,1H3;1-11,17H,12-16H2;1-13,19H,14-18H2. The van der Waals surface area contributed by atoms with Crippen molar-refractivity contribution in [2.45, 2.75) is 32.6 Å². The molecule has 4 aliphatic heterocycles. The number of halogens is 2. The minimum atomic E-state index is -0.347. The lowest BCUT2D eigenvalue weighted by molar-refractivity contribution is -0.131. The molecule has 4 fully saturated rings. The van der Waals surface area contributed by atoms with Gasteiger partial charge in [0.25, 0.3) is 0 Å². The molecule has 0 unspecified atom stereocenters. The van der Waals surface area contributed by atoms with Gasteiger partial charge in [0.05, 0.1) is 62.7 Å². The lowest BCUT2D eigenvalue weighted by atomic mass is 10.1. The van der Waals surface area contributed by atoms with Crippen LogP contribution in [0.3, 0.4) is 0 Å². The smallest absolute Gasteiger partial charge is 0.230 e. The Morgan fingerprint density at radius 2 is 0.489 bits per heavy atom. The van der Waals surface area contributed by atoms with Gasteiger partial charge in [-0.15, -0.1) is 0 Å². The number of amides is 4. The molecule has 0 spiro atoms. The van der Waals surface area contributed by atoms with Crippen LogP contribution in [-0.4, -0.2) is 240 Å². The summed E-state index contributed by atoms with van der Waals surface area (Å²) in [6.07, 6.45) is 22.4. The molecule has 20 rings (SSSR count). The minimum absolute atomic E-state index is 0.0465. The lowest BCUT2D eigenvalue weighted by Gasteiger charge is -2.34. The van der Waals surface area contributed by atoms with Crippen LogP contribution in [0, 0.1) is 18.6 Å². The van der Waals surface area contributed by atoms with Crippen LogP contribution in [0.1, 0.15) is 28.9 Å². The fourth-order valence-electron chi connectivity index (χ4n) is 16.3. The van der Waals surface area contributed by atoms with Crippen molar-refractivity contribution in [2.24, 2.45) is 0 Å². The van der Waals surface area contributed by atoms with E-state index in [-0.39, 0.29) is 60.9 Å². The van der Waals surface area contributed by atoms with E-state index < -0.39 is 0 Å². The van der Waals surface area contributed by atoms with E-state index in [2.05, 4.69) is 95.6 Å². The number of carbonyl (C=O) groups is 4. The van der Waals surface area contributed by atoms with Gasteiger partial charge in [-0.3, -0.25) is 19.2 Å². The van der Waals surface area contributed by atoms with Crippen LogP contribution in [0.2, 0.25) is 0 Å². The number of aryl methyl sites for hydroxylation is 1. The van der Waals surface area contributed by atoms with Crippen molar-refractivity contribution in [1.29, 1.82) is 0 Å².